The maximum atomic E-state index is 12.6. The SMILES string of the molecule is CCOc1ccc2nc(NC(=O)c3cccc(-n4cnnn4)c3)sc2c1. The van der Waals surface area contributed by atoms with Crippen LogP contribution in [0, 0.1) is 0 Å². The van der Waals surface area contributed by atoms with Crippen molar-refractivity contribution < 1.29 is 9.53 Å². The van der Waals surface area contributed by atoms with E-state index in [4.69, 9.17) is 4.74 Å². The number of rotatable bonds is 5. The topological polar surface area (TPSA) is 94.8 Å². The van der Waals surface area contributed by atoms with Gasteiger partial charge < -0.3 is 4.74 Å². The number of nitrogens with zero attached hydrogens (tertiary/aromatic N) is 5. The highest BCUT2D eigenvalue weighted by atomic mass is 32.1. The summed E-state index contributed by atoms with van der Waals surface area (Å²) in [4.78, 5) is 17.0. The standard InChI is InChI=1S/C17H14N6O2S/c1-2-25-13-6-7-14-15(9-13)26-17(19-14)20-16(24)11-4-3-5-12(8-11)23-10-18-21-22-23/h3-10H,2H2,1H3,(H,19,20,24). The van der Waals surface area contributed by atoms with Gasteiger partial charge >= 0.3 is 0 Å². The smallest absolute Gasteiger partial charge is 0.257 e. The summed E-state index contributed by atoms with van der Waals surface area (Å²) >= 11 is 1.40. The Morgan fingerprint density at radius 3 is 3.00 bits per heavy atom. The summed E-state index contributed by atoms with van der Waals surface area (Å²) in [5.41, 5.74) is 2.01. The zero-order chi connectivity index (χ0) is 17.9. The van der Waals surface area contributed by atoms with Crippen LogP contribution < -0.4 is 10.1 Å². The second kappa shape index (κ2) is 6.89. The van der Waals surface area contributed by atoms with Crippen molar-refractivity contribution in [2.45, 2.75) is 6.92 Å². The van der Waals surface area contributed by atoms with Crippen molar-refractivity contribution in [3.63, 3.8) is 0 Å². The molecule has 2 aromatic carbocycles. The van der Waals surface area contributed by atoms with Gasteiger partial charge in [-0.25, -0.2) is 9.67 Å². The normalized spacial score (nSPS) is 10.8. The molecule has 0 fully saturated rings. The number of aromatic nitrogens is 5. The predicted octanol–water partition coefficient (Wildman–Crippen LogP) is 2.92. The molecule has 0 spiro atoms. The maximum absolute atomic E-state index is 12.6. The molecular formula is C17H14N6O2S. The molecule has 130 valence electrons. The number of thiazole rings is 1. The third-order valence-electron chi connectivity index (χ3n) is 3.61. The van der Waals surface area contributed by atoms with E-state index in [2.05, 4.69) is 25.8 Å². The minimum Gasteiger partial charge on any atom is -0.494 e. The molecule has 1 N–H and O–H groups in total. The first-order valence-corrected chi connectivity index (χ1v) is 8.73. The summed E-state index contributed by atoms with van der Waals surface area (Å²) < 4.78 is 7.94. The largest absolute Gasteiger partial charge is 0.494 e. The van der Waals surface area contributed by atoms with Crippen LogP contribution >= 0.6 is 11.3 Å². The Balaban J connectivity index is 1.56. The summed E-state index contributed by atoms with van der Waals surface area (Å²) in [5, 5.41) is 14.4. The Morgan fingerprint density at radius 1 is 1.27 bits per heavy atom. The van der Waals surface area contributed by atoms with E-state index in [1.54, 1.807) is 18.2 Å². The second-order valence-electron chi connectivity index (χ2n) is 5.34. The van der Waals surface area contributed by atoms with E-state index in [0.29, 0.717) is 23.0 Å². The zero-order valence-electron chi connectivity index (χ0n) is 13.8. The number of fused-ring (bicyclic) bond motifs is 1. The van der Waals surface area contributed by atoms with E-state index in [1.165, 1.54) is 22.3 Å². The van der Waals surface area contributed by atoms with Crippen molar-refractivity contribution in [3.05, 3.63) is 54.4 Å². The van der Waals surface area contributed by atoms with Gasteiger partial charge in [0.25, 0.3) is 5.91 Å². The van der Waals surface area contributed by atoms with Crippen molar-refractivity contribution in [1.29, 1.82) is 0 Å². The third-order valence-corrected chi connectivity index (χ3v) is 4.55. The highest BCUT2D eigenvalue weighted by Crippen LogP contribution is 2.29. The lowest BCUT2D eigenvalue weighted by Gasteiger charge is -2.04. The first-order chi connectivity index (χ1) is 12.7. The number of nitrogens with one attached hydrogen (secondary N) is 1. The minimum atomic E-state index is -0.246. The summed E-state index contributed by atoms with van der Waals surface area (Å²) in [6.07, 6.45) is 1.47. The molecule has 0 radical (unpaired) electrons. The zero-order valence-corrected chi connectivity index (χ0v) is 14.6. The van der Waals surface area contributed by atoms with Crippen LogP contribution in [0.2, 0.25) is 0 Å². The van der Waals surface area contributed by atoms with E-state index < -0.39 is 0 Å². The molecule has 26 heavy (non-hydrogen) atoms. The monoisotopic (exact) mass is 366 g/mol. The van der Waals surface area contributed by atoms with Gasteiger partial charge in [-0.05, 0) is 53.7 Å². The molecular weight excluding hydrogens is 352 g/mol. The van der Waals surface area contributed by atoms with Crippen LogP contribution in [0.25, 0.3) is 15.9 Å². The Labute approximate surface area is 152 Å². The fourth-order valence-corrected chi connectivity index (χ4v) is 3.34. The molecule has 8 nitrogen and oxygen atoms in total. The Morgan fingerprint density at radius 2 is 2.19 bits per heavy atom. The van der Waals surface area contributed by atoms with E-state index in [1.807, 2.05) is 31.2 Å². The lowest BCUT2D eigenvalue weighted by atomic mass is 10.2. The van der Waals surface area contributed by atoms with E-state index in [-0.39, 0.29) is 5.91 Å². The van der Waals surface area contributed by atoms with Crippen LogP contribution in [-0.2, 0) is 0 Å². The quantitative estimate of drug-likeness (QED) is 0.583. The van der Waals surface area contributed by atoms with Crippen molar-refractivity contribution in [1.82, 2.24) is 25.2 Å². The third kappa shape index (κ3) is 3.24. The van der Waals surface area contributed by atoms with Gasteiger partial charge in [-0.3, -0.25) is 10.1 Å². The van der Waals surface area contributed by atoms with E-state index in [9.17, 15) is 4.79 Å². The number of amides is 1. The van der Waals surface area contributed by atoms with Crippen LogP contribution in [0.15, 0.2) is 48.8 Å². The summed E-state index contributed by atoms with van der Waals surface area (Å²) in [6, 6.07) is 12.7. The molecule has 0 aliphatic carbocycles. The minimum absolute atomic E-state index is 0.246. The molecule has 4 rings (SSSR count). The molecule has 0 saturated carbocycles. The van der Waals surface area contributed by atoms with Crippen LogP contribution in [0.5, 0.6) is 5.75 Å². The van der Waals surface area contributed by atoms with Crippen LogP contribution in [0.4, 0.5) is 5.13 Å². The van der Waals surface area contributed by atoms with Gasteiger partial charge in [0.05, 0.1) is 22.5 Å². The molecule has 0 aliphatic rings. The van der Waals surface area contributed by atoms with E-state index >= 15 is 0 Å². The first-order valence-electron chi connectivity index (χ1n) is 7.91. The molecule has 0 atom stereocenters. The number of hydrogen-bond acceptors (Lipinski definition) is 7. The summed E-state index contributed by atoms with van der Waals surface area (Å²) in [5.74, 6) is 0.541. The fraction of sp³-hybridized carbons (Fsp3) is 0.118. The number of benzene rings is 2. The van der Waals surface area contributed by atoms with E-state index in [0.717, 1.165) is 16.0 Å². The maximum Gasteiger partial charge on any atom is 0.257 e. The van der Waals surface area contributed by atoms with Gasteiger partial charge in [0.2, 0.25) is 0 Å². The number of tetrazole rings is 1. The van der Waals surface area contributed by atoms with Crippen molar-refractivity contribution in [2.24, 2.45) is 0 Å². The number of carbonyl (C=O) groups excluding carboxylic acids is 1. The summed E-state index contributed by atoms with van der Waals surface area (Å²) in [7, 11) is 0. The molecule has 0 unspecified atom stereocenters. The van der Waals surface area contributed by atoms with Crippen molar-refractivity contribution in [3.8, 4) is 11.4 Å². The first kappa shape index (κ1) is 16.2. The van der Waals surface area contributed by atoms with Gasteiger partial charge in [-0.2, -0.15) is 0 Å². The molecule has 0 saturated heterocycles. The molecule has 4 aromatic rings. The number of anilines is 1. The van der Waals surface area contributed by atoms with Crippen LogP contribution in [-0.4, -0.2) is 37.7 Å². The van der Waals surface area contributed by atoms with Gasteiger partial charge in [-0.1, -0.05) is 17.4 Å². The van der Waals surface area contributed by atoms with Crippen LogP contribution in [0.3, 0.4) is 0 Å². The Hall–Kier alpha value is -3.33. The Bertz CT molecular complexity index is 1060. The second-order valence-corrected chi connectivity index (χ2v) is 6.37. The average Bonchev–Trinajstić information content (AvgIpc) is 3.31. The molecule has 2 aromatic heterocycles. The predicted molar refractivity (Wildman–Crippen MR) is 97.9 cm³/mol. The fourth-order valence-electron chi connectivity index (χ4n) is 2.45. The molecule has 0 aliphatic heterocycles. The number of hydrogen-bond donors (Lipinski definition) is 1. The molecule has 0 bridgehead atoms. The van der Waals surface area contributed by atoms with Crippen LogP contribution in [0.1, 0.15) is 17.3 Å². The van der Waals surface area contributed by atoms with Crippen molar-refractivity contribution in [2.75, 3.05) is 11.9 Å². The van der Waals surface area contributed by atoms with Gasteiger partial charge in [-0.15, -0.1) is 5.10 Å². The summed E-state index contributed by atoms with van der Waals surface area (Å²) in [6.45, 7) is 2.54. The van der Waals surface area contributed by atoms with Gasteiger partial charge in [0, 0.05) is 5.56 Å². The lowest BCUT2D eigenvalue weighted by molar-refractivity contribution is 0.102. The highest BCUT2D eigenvalue weighted by Gasteiger charge is 2.12. The Kier molecular flexibility index (Phi) is 4.28. The lowest BCUT2D eigenvalue weighted by Crippen LogP contribution is -2.12. The molecule has 9 heteroatoms. The average molecular weight is 366 g/mol. The van der Waals surface area contributed by atoms with Gasteiger partial charge in [0.1, 0.15) is 12.1 Å². The van der Waals surface area contributed by atoms with Gasteiger partial charge in [0.15, 0.2) is 5.13 Å². The molecule has 1 amide bonds. The van der Waals surface area contributed by atoms with Crippen molar-refractivity contribution >= 4 is 32.6 Å². The molecule has 2 heterocycles. The number of ether oxygens (including phenoxy) is 1. The number of carbonyl (C=O) groups is 1. The highest BCUT2D eigenvalue weighted by molar-refractivity contribution is 7.22.